The third-order valence-corrected chi connectivity index (χ3v) is 4.99. The van der Waals surface area contributed by atoms with Crippen LogP contribution in [-0.4, -0.2) is 22.2 Å². The molecule has 0 saturated heterocycles. The number of carbonyl (C=O) groups is 2. The van der Waals surface area contributed by atoms with Crippen LogP contribution in [0.5, 0.6) is 0 Å². The van der Waals surface area contributed by atoms with Gasteiger partial charge in [0.2, 0.25) is 0 Å². The summed E-state index contributed by atoms with van der Waals surface area (Å²) >= 11 is 0.750. The molecule has 0 spiro atoms. The van der Waals surface area contributed by atoms with Crippen LogP contribution in [0.1, 0.15) is 150 Å². The van der Waals surface area contributed by atoms with Crippen LogP contribution in [0, 0.1) is 19.8 Å². The van der Waals surface area contributed by atoms with Gasteiger partial charge in [0, 0.05) is 12.0 Å². The van der Waals surface area contributed by atoms with Gasteiger partial charge in [-0.2, -0.15) is 12.8 Å². The maximum absolute atomic E-state index is 10.3. The van der Waals surface area contributed by atoms with E-state index in [4.69, 9.17) is 13.5 Å². The van der Waals surface area contributed by atoms with Gasteiger partial charge in [-0.3, -0.25) is 4.79 Å². The Morgan fingerprint density at radius 3 is 1.17 bits per heavy atom. The molecule has 0 aliphatic carbocycles. The Kier molecular flexibility index (Phi) is 55.4. The summed E-state index contributed by atoms with van der Waals surface area (Å²) in [5.74, 6) is -0.723. The van der Waals surface area contributed by atoms with E-state index in [2.05, 4.69) is 48.1 Å². The van der Waals surface area contributed by atoms with Crippen LogP contribution in [-0.2, 0) is 33.3 Å². The van der Waals surface area contributed by atoms with Gasteiger partial charge in [-0.25, -0.2) is 4.79 Å². The predicted octanol–water partition coefficient (Wildman–Crippen LogP) is 9.96. The van der Waals surface area contributed by atoms with E-state index in [0.29, 0.717) is 6.42 Å². The fourth-order valence-corrected chi connectivity index (χ4v) is 2.60. The number of rotatable bonds is 18. The summed E-state index contributed by atoms with van der Waals surface area (Å²) in [5.41, 5.74) is 0.176. The van der Waals surface area contributed by atoms with Gasteiger partial charge in [-0.1, -0.05) is 124 Å². The van der Waals surface area contributed by atoms with Crippen LogP contribution in [0.25, 0.3) is 0 Å². The van der Waals surface area contributed by atoms with Gasteiger partial charge in [0.25, 0.3) is 0 Å². The summed E-state index contributed by atoms with van der Waals surface area (Å²) in [6, 6.07) is 0. The van der Waals surface area contributed by atoms with Crippen LogP contribution in [0.15, 0.2) is 12.2 Å². The molecule has 0 aromatic carbocycles. The minimum atomic E-state index is -0.935. The maximum atomic E-state index is 10.3. The van der Waals surface area contributed by atoms with E-state index in [-0.39, 0.29) is 5.57 Å². The average Bonchev–Trinajstić information content (AvgIpc) is 2.85. The van der Waals surface area contributed by atoms with Crippen LogP contribution in [0.4, 0.5) is 0 Å². The summed E-state index contributed by atoms with van der Waals surface area (Å²) in [6.45, 7) is 20.7. The third-order valence-electron chi connectivity index (χ3n) is 4.99. The minimum absolute atomic E-state index is 0.176. The van der Waals surface area contributed by atoms with Crippen molar-refractivity contribution in [2.24, 2.45) is 5.92 Å². The van der Waals surface area contributed by atoms with Crippen molar-refractivity contribution < 1.29 is 43.5 Å². The van der Waals surface area contributed by atoms with E-state index in [9.17, 15) is 9.59 Å². The van der Waals surface area contributed by atoms with Crippen molar-refractivity contribution in [2.75, 3.05) is 0 Å². The molecule has 2 N–H and O–H groups in total. The SMILES string of the molecule is C=C(C)C(=O)O.CC(C)CCCCCCCCCCCCCCC(=O)O.[CH2-]CCC.[CH2-]CCC.[O]=[Ti+2]. The molecule has 0 atom stereocenters. The van der Waals surface area contributed by atoms with E-state index in [1.807, 2.05) is 0 Å². The van der Waals surface area contributed by atoms with Gasteiger partial charge < -0.3 is 24.1 Å². The van der Waals surface area contributed by atoms with E-state index >= 15 is 0 Å². The molecule has 6 heteroatoms. The van der Waals surface area contributed by atoms with Crippen molar-refractivity contribution in [1.82, 2.24) is 0 Å². The zero-order valence-corrected chi connectivity index (χ0v) is 26.1. The molecule has 0 radical (unpaired) electrons. The van der Waals surface area contributed by atoms with Crippen LogP contribution in [0.3, 0.4) is 0 Å². The summed E-state index contributed by atoms with van der Waals surface area (Å²) in [7, 11) is 0. The fourth-order valence-electron chi connectivity index (χ4n) is 2.60. The molecule has 0 heterocycles. The standard InChI is InChI=1S/C18H36O2.C4H6O2.2C4H9.O.Ti/c1-17(2)15-13-11-9-7-5-3-4-6-8-10-12-14-16-18(19)20;1-3(2)4(5)6;2*1-3-4-2;;/h17H,3-16H2,1-2H3,(H,19,20);1H2,2H3,(H,5,6);2*1,3-4H2,2H3;;/q;;2*-1;;+2. The van der Waals surface area contributed by atoms with E-state index in [1.54, 1.807) is 0 Å². The number of carboxylic acid groups (broad SMARTS) is 2. The number of hydrogen-bond donors (Lipinski definition) is 2. The summed E-state index contributed by atoms with van der Waals surface area (Å²) in [4.78, 5) is 19.9. The molecule has 0 bridgehead atoms. The third kappa shape index (κ3) is 69.8. The summed E-state index contributed by atoms with van der Waals surface area (Å²) in [5, 5.41) is 16.4. The number of unbranched alkanes of at least 4 members (excludes halogenated alkanes) is 13. The van der Waals surface area contributed by atoms with Crippen molar-refractivity contribution in [3.8, 4) is 0 Å². The Labute approximate surface area is 237 Å². The predicted molar refractivity (Wildman–Crippen MR) is 151 cm³/mol. The zero-order valence-electron chi connectivity index (χ0n) is 24.5. The van der Waals surface area contributed by atoms with E-state index in [0.717, 1.165) is 52.0 Å². The molecule has 5 nitrogen and oxygen atoms in total. The molecule has 0 aromatic heterocycles. The molecule has 0 aliphatic heterocycles. The quantitative estimate of drug-likeness (QED) is 0.0769. The van der Waals surface area contributed by atoms with Gasteiger partial charge in [-0.15, -0.1) is 0 Å². The van der Waals surface area contributed by atoms with Crippen molar-refractivity contribution in [3.63, 3.8) is 0 Å². The van der Waals surface area contributed by atoms with Crippen molar-refractivity contribution in [2.45, 2.75) is 150 Å². The zero-order chi connectivity index (χ0) is 29.0. The summed E-state index contributed by atoms with van der Waals surface area (Å²) < 4.78 is 8.25. The Morgan fingerprint density at radius 1 is 0.722 bits per heavy atom. The Bertz CT molecular complexity index is 419. The topological polar surface area (TPSA) is 91.7 Å². The molecule has 0 amide bonds. The Balaban J connectivity index is -0.000000162. The molecular formula is C30H60O5Ti. The first kappa shape index (κ1) is 45.1. The molecule has 36 heavy (non-hydrogen) atoms. The van der Waals surface area contributed by atoms with Crippen molar-refractivity contribution in [1.29, 1.82) is 0 Å². The van der Waals surface area contributed by atoms with Crippen LogP contribution >= 0.6 is 0 Å². The van der Waals surface area contributed by atoms with Gasteiger partial charge in [-0.05, 0) is 19.3 Å². The normalized spacial score (nSPS) is 9.28. The molecule has 0 unspecified atom stereocenters. The Hall–Kier alpha value is -0.806. The van der Waals surface area contributed by atoms with Gasteiger partial charge in [0.1, 0.15) is 0 Å². The molecule has 0 fully saturated rings. The number of aliphatic carboxylic acids is 2. The summed E-state index contributed by atoms with van der Waals surface area (Å²) in [6.07, 6.45) is 21.9. The monoisotopic (exact) mass is 548 g/mol. The van der Waals surface area contributed by atoms with Gasteiger partial charge in [0.05, 0.1) is 0 Å². The average molecular weight is 549 g/mol. The second-order valence-electron chi connectivity index (χ2n) is 9.36. The Morgan fingerprint density at radius 2 is 0.972 bits per heavy atom. The van der Waals surface area contributed by atoms with Gasteiger partial charge in [0.15, 0.2) is 0 Å². The molecule has 0 saturated carbocycles. The number of carboxylic acids is 2. The molecule has 214 valence electrons. The molecular weight excluding hydrogens is 488 g/mol. The first-order valence-corrected chi connectivity index (χ1v) is 14.6. The first-order chi connectivity index (χ1) is 17.1. The first-order valence-electron chi connectivity index (χ1n) is 14.0. The van der Waals surface area contributed by atoms with E-state index < -0.39 is 11.9 Å². The van der Waals surface area contributed by atoms with Crippen molar-refractivity contribution >= 4 is 11.9 Å². The van der Waals surface area contributed by atoms with Crippen LogP contribution < -0.4 is 0 Å². The second kappa shape index (κ2) is 44.2. The fraction of sp³-hybridized carbons (Fsp3) is 0.800. The van der Waals surface area contributed by atoms with E-state index in [1.165, 1.54) is 90.4 Å². The number of hydrogen-bond acceptors (Lipinski definition) is 3. The molecule has 0 aliphatic rings. The molecule has 0 rings (SSSR count). The molecule has 0 aromatic rings. The van der Waals surface area contributed by atoms with Crippen LogP contribution in [0.2, 0.25) is 0 Å². The van der Waals surface area contributed by atoms with Crippen molar-refractivity contribution in [3.05, 3.63) is 26.0 Å². The van der Waals surface area contributed by atoms with Gasteiger partial charge >= 0.3 is 35.7 Å². The second-order valence-corrected chi connectivity index (χ2v) is 9.36.